The lowest BCUT2D eigenvalue weighted by Gasteiger charge is -2.18. The van der Waals surface area contributed by atoms with Gasteiger partial charge in [-0.25, -0.2) is 0 Å². The number of ether oxygens (including phenoxy) is 1. The van der Waals surface area contributed by atoms with E-state index >= 15 is 0 Å². The Morgan fingerprint density at radius 1 is 1.29 bits per heavy atom. The highest BCUT2D eigenvalue weighted by Gasteiger charge is 2.29. The molecule has 0 bridgehead atoms. The predicted molar refractivity (Wildman–Crippen MR) is 66.0 cm³/mol. The minimum Gasteiger partial charge on any atom is -0.391 e. The molecule has 0 aliphatic rings. The van der Waals surface area contributed by atoms with Crippen LogP contribution in [0.2, 0.25) is 0 Å². The zero-order valence-corrected chi connectivity index (χ0v) is 11.8. The Hall–Kier alpha value is -0.410. The average Bonchev–Trinajstić information content (AvgIpc) is 2.29. The highest BCUT2D eigenvalue weighted by molar-refractivity contribution is 7.58. The summed E-state index contributed by atoms with van der Waals surface area (Å²) in [6, 6.07) is 0. The molecule has 0 atom stereocenters. The van der Waals surface area contributed by atoms with Crippen LogP contribution in [-0.2, 0) is 18.3 Å². The van der Waals surface area contributed by atoms with Crippen LogP contribution in [0.4, 0.5) is 0 Å². The van der Waals surface area contributed by atoms with Gasteiger partial charge in [-0.05, 0) is 26.3 Å². The van der Waals surface area contributed by atoms with Gasteiger partial charge in [0.25, 0.3) is 0 Å². The fourth-order valence-electron chi connectivity index (χ4n) is 1.14. The van der Waals surface area contributed by atoms with Crippen molar-refractivity contribution in [3.8, 4) is 0 Å². The molecule has 5 nitrogen and oxygen atoms in total. The molecule has 0 unspecified atom stereocenters. The molecule has 0 aromatic carbocycles. The number of hydrogen-bond donors (Lipinski definition) is 1. The number of aliphatic hydroxyl groups excluding tert-OH is 1. The molecule has 17 heavy (non-hydrogen) atoms. The Balaban J connectivity index is 5.39. The molecule has 0 aliphatic heterocycles. The van der Waals surface area contributed by atoms with Gasteiger partial charge in [0.05, 0.1) is 26.4 Å². The standard InChI is InChI=1S/C11H21O5P/c1-5-15-17(13,16-6-2)11(9-14-4)7-10(3)8-12/h12H,5-6,8-9H2,1-4H3. The van der Waals surface area contributed by atoms with E-state index in [0.717, 1.165) is 0 Å². The lowest BCUT2D eigenvalue weighted by atomic mass is 10.3. The smallest absolute Gasteiger partial charge is 0.367 e. The maximum atomic E-state index is 12.4. The molecular formula is C11H21O5P. The summed E-state index contributed by atoms with van der Waals surface area (Å²) in [5, 5.41) is 9.25. The van der Waals surface area contributed by atoms with Gasteiger partial charge in [0.15, 0.2) is 0 Å². The SMILES string of the molecule is CCOP(=O)(OCC)C(=C=C(C)CO)COC. The van der Waals surface area contributed by atoms with Crippen molar-refractivity contribution in [1.82, 2.24) is 0 Å². The summed E-state index contributed by atoms with van der Waals surface area (Å²) in [7, 11) is -1.88. The highest BCUT2D eigenvalue weighted by Crippen LogP contribution is 2.55. The Kier molecular flexibility index (Phi) is 8.44. The second-order valence-electron chi connectivity index (χ2n) is 3.28. The van der Waals surface area contributed by atoms with Gasteiger partial charge in [0.2, 0.25) is 0 Å². The minimum atomic E-state index is -3.36. The van der Waals surface area contributed by atoms with Gasteiger partial charge >= 0.3 is 7.60 Å². The first-order chi connectivity index (χ1) is 8.03. The second-order valence-corrected chi connectivity index (χ2v) is 5.33. The molecular weight excluding hydrogens is 243 g/mol. The molecule has 0 aliphatic carbocycles. The molecule has 6 heteroatoms. The molecule has 0 rings (SSSR count). The van der Waals surface area contributed by atoms with Gasteiger partial charge in [0.1, 0.15) is 5.31 Å². The number of rotatable bonds is 8. The topological polar surface area (TPSA) is 65.0 Å². The molecule has 0 amide bonds. The molecule has 0 radical (unpaired) electrons. The number of methoxy groups -OCH3 is 1. The summed E-state index contributed by atoms with van der Waals surface area (Å²) in [5.74, 6) is 0. The van der Waals surface area contributed by atoms with Crippen LogP contribution in [0.3, 0.4) is 0 Å². The molecule has 0 saturated heterocycles. The summed E-state index contributed by atoms with van der Waals surface area (Å²) < 4.78 is 27.8. The minimum absolute atomic E-state index is 0.0919. The molecule has 1 N–H and O–H groups in total. The Labute approximate surface area is 103 Å². The van der Waals surface area contributed by atoms with E-state index < -0.39 is 7.60 Å². The van der Waals surface area contributed by atoms with Crippen molar-refractivity contribution in [3.63, 3.8) is 0 Å². The third-order valence-electron chi connectivity index (χ3n) is 1.80. The highest BCUT2D eigenvalue weighted by atomic mass is 31.2. The summed E-state index contributed by atoms with van der Waals surface area (Å²) in [6.07, 6.45) is 0. The van der Waals surface area contributed by atoms with Crippen molar-refractivity contribution >= 4 is 7.60 Å². The van der Waals surface area contributed by atoms with Crippen LogP contribution in [-0.4, -0.2) is 38.6 Å². The average molecular weight is 264 g/mol. The fourth-order valence-corrected chi connectivity index (χ4v) is 2.82. The van der Waals surface area contributed by atoms with Crippen molar-refractivity contribution < 1.29 is 23.5 Å². The van der Waals surface area contributed by atoms with E-state index in [2.05, 4.69) is 5.73 Å². The first-order valence-electron chi connectivity index (χ1n) is 5.48. The number of aliphatic hydroxyl groups is 1. The van der Waals surface area contributed by atoms with Gasteiger partial charge in [-0.2, -0.15) is 0 Å². The van der Waals surface area contributed by atoms with E-state index in [4.69, 9.17) is 18.9 Å². The Morgan fingerprint density at radius 2 is 1.82 bits per heavy atom. The van der Waals surface area contributed by atoms with Crippen LogP contribution in [0.25, 0.3) is 0 Å². The van der Waals surface area contributed by atoms with Gasteiger partial charge in [-0.1, -0.05) is 0 Å². The van der Waals surface area contributed by atoms with Crippen LogP contribution in [0.15, 0.2) is 16.6 Å². The zero-order valence-electron chi connectivity index (χ0n) is 10.9. The lowest BCUT2D eigenvalue weighted by Crippen LogP contribution is -2.03. The third kappa shape index (κ3) is 5.64. The zero-order chi connectivity index (χ0) is 13.3. The van der Waals surface area contributed by atoms with Gasteiger partial charge in [-0.15, -0.1) is 5.73 Å². The van der Waals surface area contributed by atoms with Crippen LogP contribution in [0, 0.1) is 0 Å². The van der Waals surface area contributed by atoms with E-state index in [1.165, 1.54) is 7.11 Å². The maximum Gasteiger partial charge on any atom is 0.367 e. The van der Waals surface area contributed by atoms with Crippen molar-refractivity contribution in [2.24, 2.45) is 0 Å². The van der Waals surface area contributed by atoms with E-state index in [-0.39, 0.29) is 26.4 Å². The van der Waals surface area contributed by atoms with Crippen molar-refractivity contribution in [2.45, 2.75) is 20.8 Å². The van der Waals surface area contributed by atoms with Crippen molar-refractivity contribution in [3.05, 3.63) is 16.6 Å². The second kappa shape index (κ2) is 8.65. The first kappa shape index (κ1) is 16.6. The van der Waals surface area contributed by atoms with E-state index in [9.17, 15) is 4.57 Å². The van der Waals surface area contributed by atoms with Gasteiger partial charge in [-0.3, -0.25) is 4.57 Å². The van der Waals surface area contributed by atoms with Crippen LogP contribution >= 0.6 is 7.60 Å². The predicted octanol–water partition coefficient (Wildman–Crippen LogP) is 2.32. The normalized spacial score (nSPS) is 11.1. The van der Waals surface area contributed by atoms with Crippen molar-refractivity contribution in [2.75, 3.05) is 33.5 Å². The lowest BCUT2D eigenvalue weighted by molar-refractivity contribution is 0.203. The Bertz CT molecular complexity index is 321. The summed E-state index contributed by atoms with van der Waals surface area (Å²) in [5.41, 5.74) is 3.38. The molecule has 0 spiro atoms. The molecule has 100 valence electrons. The largest absolute Gasteiger partial charge is 0.391 e. The molecule has 0 fully saturated rings. The fraction of sp³-hybridized carbons (Fsp3) is 0.727. The van der Waals surface area contributed by atoms with Crippen molar-refractivity contribution in [1.29, 1.82) is 0 Å². The van der Waals surface area contributed by atoms with Gasteiger partial charge in [0, 0.05) is 7.11 Å². The summed E-state index contributed by atoms with van der Waals surface area (Å²) >= 11 is 0. The molecule has 0 aromatic heterocycles. The van der Waals surface area contributed by atoms with E-state index in [1.807, 2.05) is 0 Å². The summed E-state index contributed by atoms with van der Waals surface area (Å²) in [4.78, 5) is 0. The van der Waals surface area contributed by atoms with E-state index in [1.54, 1.807) is 20.8 Å². The summed E-state index contributed by atoms with van der Waals surface area (Å²) in [6.45, 7) is 5.62. The Morgan fingerprint density at radius 3 is 2.18 bits per heavy atom. The first-order valence-corrected chi connectivity index (χ1v) is 7.03. The molecule has 0 heterocycles. The van der Waals surface area contributed by atoms with Gasteiger partial charge < -0.3 is 18.9 Å². The van der Waals surface area contributed by atoms with Crippen LogP contribution < -0.4 is 0 Å². The van der Waals surface area contributed by atoms with Crippen LogP contribution in [0.1, 0.15) is 20.8 Å². The van der Waals surface area contributed by atoms with E-state index in [0.29, 0.717) is 10.9 Å². The number of hydrogen-bond acceptors (Lipinski definition) is 5. The quantitative estimate of drug-likeness (QED) is 0.538. The van der Waals surface area contributed by atoms with Crippen LogP contribution in [0.5, 0.6) is 0 Å². The maximum absolute atomic E-state index is 12.4. The molecule has 0 saturated carbocycles. The third-order valence-corrected chi connectivity index (χ3v) is 3.90. The monoisotopic (exact) mass is 264 g/mol. The molecule has 0 aromatic rings.